The quantitative estimate of drug-likeness (QED) is 0.610. The molecule has 0 aliphatic carbocycles. The van der Waals surface area contributed by atoms with Gasteiger partial charge in [-0.15, -0.1) is 0 Å². The number of likely N-dealkylation sites (N-methyl/N-ethyl adjacent to an activating group) is 1. The number of esters is 1. The number of carboxylic acid groups (broad SMARTS) is 1. The molecular weight excluding hydrogens is 302 g/mol. The summed E-state index contributed by atoms with van der Waals surface area (Å²) >= 11 is 0. The molecule has 1 N–H and O–H groups in total. The summed E-state index contributed by atoms with van der Waals surface area (Å²) in [4.78, 5) is 22.4. The van der Waals surface area contributed by atoms with Crippen molar-refractivity contribution in [3.63, 3.8) is 0 Å². The second kappa shape index (κ2) is 7.71. The molecule has 1 aliphatic rings. The van der Waals surface area contributed by atoms with Crippen LogP contribution in [-0.4, -0.2) is 67.9 Å². The van der Waals surface area contributed by atoms with Gasteiger partial charge in [-0.3, -0.25) is 9.59 Å². The van der Waals surface area contributed by atoms with Crippen molar-refractivity contribution in [3.05, 3.63) is 0 Å². The maximum Gasteiger partial charge on any atom is 0.310 e. The Balaban J connectivity index is 2.77. The van der Waals surface area contributed by atoms with Crippen molar-refractivity contribution in [2.24, 2.45) is 5.92 Å². The van der Waals surface area contributed by atoms with E-state index in [1.807, 2.05) is 0 Å². The fourth-order valence-electron chi connectivity index (χ4n) is 2.26. The number of carboxylic acids is 1. The van der Waals surface area contributed by atoms with E-state index in [9.17, 15) is 18.0 Å². The van der Waals surface area contributed by atoms with Gasteiger partial charge in [-0.05, 0) is 6.92 Å². The Hall–Kier alpha value is -1.19. The monoisotopic (exact) mass is 323 g/mol. The largest absolute Gasteiger partial charge is 0.481 e. The molecule has 0 saturated carbocycles. The molecule has 1 saturated heterocycles. The summed E-state index contributed by atoms with van der Waals surface area (Å²) < 4.78 is 35.5. The van der Waals surface area contributed by atoms with E-state index in [4.69, 9.17) is 14.6 Å². The third-order valence-corrected chi connectivity index (χ3v) is 5.24. The summed E-state index contributed by atoms with van der Waals surface area (Å²) in [6.45, 7) is 3.61. The molecule has 2 atom stereocenters. The van der Waals surface area contributed by atoms with Gasteiger partial charge in [0.05, 0.1) is 44.0 Å². The first kappa shape index (κ1) is 17.9. The number of ether oxygens (including phenoxy) is 2. The Morgan fingerprint density at radius 3 is 2.52 bits per heavy atom. The second-order valence-electron chi connectivity index (χ2n) is 4.62. The van der Waals surface area contributed by atoms with Gasteiger partial charge in [0.1, 0.15) is 0 Å². The Bertz CT molecular complexity index is 476. The molecule has 0 spiro atoms. The summed E-state index contributed by atoms with van der Waals surface area (Å²) in [5.41, 5.74) is 0. The van der Waals surface area contributed by atoms with Crippen molar-refractivity contribution in [3.8, 4) is 0 Å². The molecule has 1 heterocycles. The van der Waals surface area contributed by atoms with Crippen LogP contribution in [0.1, 0.15) is 20.3 Å². The van der Waals surface area contributed by atoms with Gasteiger partial charge >= 0.3 is 11.9 Å². The number of carbonyl (C=O) groups is 2. The predicted molar refractivity (Wildman–Crippen MR) is 73.1 cm³/mol. The first-order valence-electron chi connectivity index (χ1n) is 6.79. The minimum absolute atomic E-state index is 0.0100. The summed E-state index contributed by atoms with van der Waals surface area (Å²) in [6, 6.07) is -0.736. The molecular formula is C12H21NO7S. The van der Waals surface area contributed by atoms with Crippen LogP contribution in [-0.2, 0) is 29.1 Å². The van der Waals surface area contributed by atoms with Gasteiger partial charge < -0.3 is 14.6 Å². The van der Waals surface area contributed by atoms with Crippen molar-refractivity contribution in [2.45, 2.75) is 26.3 Å². The van der Waals surface area contributed by atoms with E-state index in [1.54, 1.807) is 13.8 Å². The number of rotatable bonds is 8. The Morgan fingerprint density at radius 2 is 2.00 bits per heavy atom. The summed E-state index contributed by atoms with van der Waals surface area (Å²) in [7, 11) is -3.75. The first-order chi connectivity index (χ1) is 9.83. The van der Waals surface area contributed by atoms with Gasteiger partial charge in [-0.1, -0.05) is 6.92 Å². The van der Waals surface area contributed by atoms with Crippen LogP contribution < -0.4 is 0 Å². The van der Waals surface area contributed by atoms with Crippen molar-refractivity contribution < 1.29 is 32.6 Å². The molecule has 1 fully saturated rings. The van der Waals surface area contributed by atoms with Crippen LogP contribution in [0.3, 0.4) is 0 Å². The molecule has 0 amide bonds. The zero-order valence-corrected chi connectivity index (χ0v) is 13.0. The van der Waals surface area contributed by atoms with E-state index < -0.39 is 39.7 Å². The first-order valence-corrected chi connectivity index (χ1v) is 8.40. The normalized spacial score (nSPS) is 22.4. The van der Waals surface area contributed by atoms with E-state index in [0.717, 1.165) is 4.31 Å². The highest BCUT2D eigenvalue weighted by molar-refractivity contribution is 7.89. The molecule has 2 unspecified atom stereocenters. The van der Waals surface area contributed by atoms with Crippen LogP contribution in [0.15, 0.2) is 0 Å². The highest BCUT2D eigenvalue weighted by atomic mass is 32.2. The number of hydrogen-bond acceptors (Lipinski definition) is 6. The van der Waals surface area contributed by atoms with Crippen LogP contribution in [0.4, 0.5) is 0 Å². The summed E-state index contributed by atoms with van der Waals surface area (Å²) in [5.74, 6) is -2.96. The topological polar surface area (TPSA) is 110 Å². The lowest BCUT2D eigenvalue weighted by atomic mass is 10.0. The van der Waals surface area contributed by atoms with Crippen LogP contribution in [0.5, 0.6) is 0 Å². The Kier molecular flexibility index (Phi) is 6.56. The standard InChI is InChI=1S/C12H21NO7S/c1-3-13(10-8-19-7-9(10)12(15)16)21(17,18)6-5-11(14)20-4-2/h9-10H,3-8H2,1-2H3,(H,15,16). The highest BCUT2D eigenvalue weighted by Crippen LogP contribution is 2.23. The zero-order valence-electron chi connectivity index (χ0n) is 12.1. The second-order valence-corrected chi connectivity index (χ2v) is 6.67. The number of aliphatic carboxylic acids is 1. The zero-order chi connectivity index (χ0) is 16.0. The van der Waals surface area contributed by atoms with Gasteiger partial charge in [0, 0.05) is 6.54 Å². The van der Waals surface area contributed by atoms with Crippen LogP contribution in [0, 0.1) is 5.92 Å². The maximum atomic E-state index is 12.3. The highest BCUT2D eigenvalue weighted by Gasteiger charge is 2.42. The van der Waals surface area contributed by atoms with Gasteiger partial charge in [0.15, 0.2) is 0 Å². The van der Waals surface area contributed by atoms with Gasteiger partial charge in [0.25, 0.3) is 0 Å². The summed E-state index contributed by atoms with van der Waals surface area (Å²) in [5, 5.41) is 9.11. The number of nitrogens with zero attached hydrogens (tertiary/aromatic N) is 1. The number of carbonyl (C=O) groups excluding carboxylic acids is 1. The lowest BCUT2D eigenvalue weighted by Crippen LogP contribution is -2.47. The fraction of sp³-hybridized carbons (Fsp3) is 0.833. The van der Waals surface area contributed by atoms with Gasteiger partial charge in [-0.2, -0.15) is 4.31 Å². The molecule has 1 rings (SSSR count). The van der Waals surface area contributed by atoms with Crippen LogP contribution >= 0.6 is 0 Å². The van der Waals surface area contributed by atoms with Crippen molar-refractivity contribution in [1.29, 1.82) is 0 Å². The Morgan fingerprint density at radius 1 is 1.33 bits per heavy atom. The van der Waals surface area contributed by atoms with E-state index in [2.05, 4.69) is 0 Å². The fourth-order valence-corrected chi connectivity index (χ4v) is 3.94. The molecule has 0 bridgehead atoms. The lowest BCUT2D eigenvalue weighted by Gasteiger charge is -2.28. The SMILES string of the molecule is CCOC(=O)CCS(=O)(=O)N(CC)C1COCC1C(=O)O. The van der Waals surface area contributed by atoms with Crippen molar-refractivity contribution in [2.75, 3.05) is 32.1 Å². The molecule has 0 aromatic heterocycles. The predicted octanol–water partition coefficient (Wildman–Crippen LogP) is -0.309. The van der Waals surface area contributed by atoms with Gasteiger partial charge in [-0.25, -0.2) is 8.42 Å². The van der Waals surface area contributed by atoms with E-state index in [0.29, 0.717) is 0 Å². The molecule has 8 nitrogen and oxygen atoms in total. The summed E-state index contributed by atoms with van der Waals surface area (Å²) in [6.07, 6.45) is -0.252. The number of sulfonamides is 1. The Labute approximate surface area is 124 Å². The van der Waals surface area contributed by atoms with Gasteiger partial charge in [0.2, 0.25) is 10.0 Å². The van der Waals surface area contributed by atoms with Crippen molar-refractivity contribution >= 4 is 22.0 Å². The molecule has 1 aliphatic heterocycles. The van der Waals surface area contributed by atoms with Crippen molar-refractivity contribution in [1.82, 2.24) is 4.31 Å². The molecule has 122 valence electrons. The average Bonchev–Trinajstić information content (AvgIpc) is 2.86. The van der Waals surface area contributed by atoms with Crippen LogP contribution in [0.2, 0.25) is 0 Å². The molecule has 0 aromatic rings. The average molecular weight is 323 g/mol. The molecule has 0 aromatic carbocycles. The minimum atomic E-state index is -3.75. The minimum Gasteiger partial charge on any atom is -0.481 e. The molecule has 0 radical (unpaired) electrons. The van der Waals surface area contributed by atoms with E-state index in [-0.39, 0.29) is 32.8 Å². The maximum absolute atomic E-state index is 12.3. The third-order valence-electron chi connectivity index (χ3n) is 3.28. The van der Waals surface area contributed by atoms with Crippen LogP contribution in [0.25, 0.3) is 0 Å². The lowest BCUT2D eigenvalue weighted by molar-refractivity contribution is -0.143. The number of hydrogen-bond donors (Lipinski definition) is 1. The third kappa shape index (κ3) is 4.65. The van der Waals surface area contributed by atoms with E-state index >= 15 is 0 Å². The molecule has 21 heavy (non-hydrogen) atoms. The smallest absolute Gasteiger partial charge is 0.310 e. The van der Waals surface area contributed by atoms with E-state index in [1.165, 1.54) is 0 Å². The molecule has 9 heteroatoms.